The number of hydrogen-bond acceptors (Lipinski definition) is 5. The van der Waals surface area contributed by atoms with Crippen molar-refractivity contribution in [3.63, 3.8) is 0 Å². The molecule has 2 aromatic carbocycles. The van der Waals surface area contributed by atoms with Crippen LogP contribution < -0.4 is 9.22 Å². The average molecular weight is 424 g/mol. The summed E-state index contributed by atoms with van der Waals surface area (Å²) in [7, 11) is 1.69. The molecule has 27 heavy (non-hydrogen) atoms. The number of aromatic nitrogens is 1. The molecule has 0 saturated heterocycles. The Bertz CT molecular complexity index is 1100. The minimum atomic E-state index is -1.12. The van der Waals surface area contributed by atoms with E-state index in [0.29, 0.717) is 32.1 Å². The van der Waals surface area contributed by atoms with Crippen LogP contribution in [0.15, 0.2) is 36.4 Å². The van der Waals surface area contributed by atoms with E-state index in [1.54, 1.807) is 43.4 Å². The fourth-order valence-electron chi connectivity index (χ4n) is 3.14. The van der Waals surface area contributed by atoms with Gasteiger partial charge in [0.15, 0.2) is 11.4 Å². The van der Waals surface area contributed by atoms with E-state index in [4.69, 9.17) is 33.0 Å². The minimum absolute atomic E-state index is 0.304. The van der Waals surface area contributed by atoms with Crippen molar-refractivity contribution in [1.82, 2.24) is 9.47 Å². The average Bonchev–Trinajstić information content (AvgIpc) is 3.08. The van der Waals surface area contributed by atoms with Gasteiger partial charge in [-0.1, -0.05) is 46.7 Å². The van der Waals surface area contributed by atoms with Gasteiger partial charge in [0.25, 0.3) is 5.13 Å². The number of carbonyl (C=O) groups excluding carboxylic acids is 1. The summed E-state index contributed by atoms with van der Waals surface area (Å²) in [5.74, 6) is -1.06. The van der Waals surface area contributed by atoms with E-state index < -0.39 is 24.4 Å². The number of carboxylic acid groups (broad SMARTS) is 1. The van der Waals surface area contributed by atoms with Crippen LogP contribution in [0.1, 0.15) is 6.42 Å². The van der Waals surface area contributed by atoms with Crippen molar-refractivity contribution in [2.75, 3.05) is 7.05 Å². The van der Waals surface area contributed by atoms with E-state index in [-0.39, 0.29) is 4.48 Å². The van der Waals surface area contributed by atoms with Crippen molar-refractivity contribution in [2.45, 2.75) is 12.5 Å². The number of amides is 1. The van der Waals surface area contributed by atoms with Crippen LogP contribution in [0.3, 0.4) is 0 Å². The third kappa shape index (κ3) is 2.78. The van der Waals surface area contributed by atoms with Crippen molar-refractivity contribution in [2.24, 2.45) is 0 Å². The predicted octanol–water partition coefficient (Wildman–Crippen LogP) is 4.63. The highest BCUT2D eigenvalue weighted by atomic mass is 35.5. The molecule has 0 spiro atoms. The van der Waals surface area contributed by atoms with Crippen molar-refractivity contribution in [1.29, 1.82) is 0 Å². The number of carboxylic acids is 1. The number of aliphatic carboxylic acids is 1. The van der Waals surface area contributed by atoms with E-state index in [0.717, 1.165) is 4.70 Å². The fourth-order valence-corrected chi connectivity index (χ4v) is 4.64. The number of quaternary nitrogens is 1. The Morgan fingerprint density at radius 3 is 2.78 bits per heavy atom. The van der Waals surface area contributed by atoms with E-state index in [1.165, 1.54) is 11.3 Å². The first kappa shape index (κ1) is 18.2. The summed E-state index contributed by atoms with van der Waals surface area (Å²) in [6.45, 7) is 0. The molecule has 1 aliphatic rings. The lowest BCUT2D eigenvalue weighted by molar-refractivity contribution is -0.146. The molecule has 1 aliphatic heterocycles. The smallest absolute Gasteiger partial charge is 0.367 e. The molecule has 0 fully saturated rings. The Morgan fingerprint density at radius 2 is 2.04 bits per heavy atom. The molecule has 1 N–H and O–H groups in total. The molecule has 1 amide bonds. The number of fused-ring (bicyclic) bond motifs is 2. The zero-order chi connectivity index (χ0) is 19.3. The summed E-state index contributed by atoms with van der Waals surface area (Å²) in [5, 5.41) is 10.3. The van der Waals surface area contributed by atoms with Crippen molar-refractivity contribution in [3.05, 3.63) is 46.4 Å². The van der Waals surface area contributed by atoms with Gasteiger partial charge in [0.2, 0.25) is 6.10 Å². The molecule has 9 heteroatoms. The van der Waals surface area contributed by atoms with Gasteiger partial charge in [-0.15, -0.1) is 0 Å². The molecule has 2 unspecified atom stereocenters. The number of likely N-dealkylation sites (N-methyl/N-ethyl adjacent to an activating group) is 1. The monoisotopic (exact) mass is 423 g/mol. The molecule has 6 nitrogen and oxygen atoms in total. The van der Waals surface area contributed by atoms with Gasteiger partial charge in [0, 0.05) is 6.07 Å². The number of carbonyl (C=O) groups is 2. The molecular weight excluding hydrogens is 411 g/mol. The molecule has 2 atom stereocenters. The van der Waals surface area contributed by atoms with Gasteiger partial charge < -0.3 is 9.84 Å². The molecule has 0 aliphatic carbocycles. The Hall–Kier alpha value is -2.19. The van der Waals surface area contributed by atoms with Crippen molar-refractivity contribution in [3.8, 4) is 5.75 Å². The highest BCUT2D eigenvalue weighted by molar-refractivity contribution is 7.22. The van der Waals surface area contributed by atoms with Gasteiger partial charge in [0.05, 0.1) is 28.2 Å². The fraction of sp³-hybridized carbons (Fsp3) is 0.167. The van der Waals surface area contributed by atoms with Crippen LogP contribution in [0.25, 0.3) is 10.2 Å². The summed E-state index contributed by atoms with van der Waals surface area (Å²) in [6, 6.07) is 10.5. The predicted molar refractivity (Wildman–Crippen MR) is 105 cm³/mol. The molecule has 3 aromatic rings. The summed E-state index contributed by atoms with van der Waals surface area (Å²) in [4.78, 5) is 29.1. The highest BCUT2D eigenvalue weighted by Crippen LogP contribution is 2.48. The first-order valence-corrected chi connectivity index (χ1v) is 9.53. The standard InChI is InChI=1S/C18H12Cl2N2O4S/c1-22(18-21-16-13(27-18)7-6-9(19)15(16)20)10-4-2-3-5-11(10)26-12(17(22)25)8-14(23)24/h2-7,12H,8H2,1H3/p+1. The summed E-state index contributed by atoms with van der Waals surface area (Å²) < 4.78 is 6.15. The molecule has 1 aromatic heterocycles. The second-order valence-electron chi connectivity index (χ2n) is 6.22. The van der Waals surface area contributed by atoms with Crippen LogP contribution >= 0.6 is 34.5 Å². The van der Waals surface area contributed by atoms with Crippen LogP contribution in [0.2, 0.25) is 10.0 Å². The zero-order valence-corrected chi connectivity index (χ0v) is 16.3. The summed E-state index contributed by atoms with van der Waals surface area (Å²) in [5.41, 5.74) is 1.10. The third-order valence-electron chi connectivity index (χ3n) is 4.52. The number of benzene rings is 2. The van der Waals surface area contributed by atoms with Crippen molar-refractivity contribution >= 4 is 67.5 Å². The van der Waals surface area contributed by atoms with Crippen LogP contribution in [-0.2, 0) is 9.59 Å². The number of hydrogen-bond donors (Lipinski definition) is 1. The van der Waals surface area contributed by atoms with Crippen LogP contribution in [-0.4, -0.2) is 35.1 Å². The molecule has 0 radical (unpaired) electrons. The van der Waals surface area contributed by atoms with Crippen molar-refractivity contribution < 1.29 is 19.4 Å². The molecule has 2 heterocycles. The Labute approximate surface area is 168 Å². The maximum absolute atomic E-state index is 13.3. The third-order valence-corrected chi connectivity index (χ3v) is 6.50. The largest absolute Gasteiger partial charge is 0.481 e. The SMILES string of the molecule is C[N+]1(c2nc3c(Cl)c(Cl)ccc3s2)C(=O)C(CC(=O)O)Oc2ccccc21. The van der Waals surface area contributed by atoms with E-state index in [1.807, 2.05) is 0 Å². The van der Waals surface area contributed by atoms with Gasteiger partial charge in [-0.05, 0) is 18.2 Å². The topological polar surface area (TPSA) is 76.5 Å². The maximum Gasteiger partial charge on any atom is 0.367 e. The number of halogens is 2. The van der Waals surface area contributed by atoms with Gasteiger partial charge in [0.1, 0.15) is 5.52 Å². The number of para-hydroxylation sites is 2. The van der Waals surface area contributed by atoms with Gasteiger partial charge >= 0.3 is 11.9 Å². The van der Waals surface area contributed by atoms with Crippen LogP contribution in [0.4, 0.5) is 10.8 Å². The Balaban J connectivity index is 1.94. The highest BCUT2D eigenvalue weighted by Gasteiger charge is 2.51. The molecule has 4 rings (SSSR count). The Morgan fingerprint density at radius 1 is 1.30 bits per heavy atom. The summed E-state index contributed by atoms with van der Waals surface area (Å²) >= 11 is 13.7. The molecule has 0 saturated carbocycles. The lowest BCUT2D eigenvalue weighted by atomic mass is 10.1. The van der Waals surface area contributed by atoms with E-state index in [2.05, 4.69) is 4.98 Å². The lowest BCUT2D eigenvalue weighted by Gasteiger charge is -2.36. The number of ether oxygens (including phenoxy) is 1. The molecule has 138 valence electrons. The minimum Gasteiger partial charge on any atom is -0.481 e. The van der Waals surface area contributed by atoms with Gasteiger partial charge in [-0.3, -0.25) is 4.79 Å². The lowest BCUT2D eigenvalue weighted by Crippen LogP contribution is -2.56. The Kier molecular flexibility index (Phi) is 4.35. The number of thiazole rings is 1. The quantitative estimate of drug-likeness (QED) is 0.621. The zero-order valence-electron chi connectivity index (χ0n) is 14.0. The molecule has 0 bridgehead atoms. The number of rotatable bonds is 3. The first-order valence-electron chi connectivity index (χ1n) is 7.96. The maximum atomic E-state index is 13.3. The van der Waals surface area contributed by atoms with E-state index >= 15 is 0 Å². The second-order valence-corrected chi connectivity index (χ2v) is 8.02. The second kappa shape index (κ2) is 6.45. The van der Waals surface area contributed by atoms with Crippen LogP contribution in [0, 0.1) is 0 Å². The van der Waals surface area contributed by atoms with Crippen LogP contribution in [0.5, 0.6) is 5.75 Å². The summed E-state index contributed by atoms with van der Waals surface area (Å²) in [6.07, 6.45) is -1.55. The first-order chi connectivity index (χ1) is 12.8. The van der Waals surface area contributed by atoms with Gasteiger partial charge in [-0.2, -0.15) is 9.47 Å². The molecular formula is C18H13Cl2N2O4S+. The van der Waals surface area contributed by atoms with Gasteiger partial charge in [-0.25, -0.2) is 4.79 Å². The number of nitrogens with zero attached hydrogens (tertiary/aromatic N) is 2. The van der Waals surface area contributed by atoms with E-state index in [9.17, 15) is 9.59 Å². The normalized spacial score (nSPS) is 21.7.